The molecule has 0 heterocycles. The van der Waals surface area contributed by atoms with E-state index in [1.807, 2.05) is 13.0 Å². The van der Waals surface area contributed by atoms with Crippen molar-refractivity contribution >= 4 is 23.5 Å². The van der Waals surface area contributed by atoms with E-state index in [-0.39, 0.29) is 18.9 Å². The average Bonchev–Trinajstić information content (AvgIpc) is 2.35. The molecule has 1 aromatic rings. The standard InChI is InChI=1S/C14H18ClNO3/c1-3-16(9-10(2)14(18)19)13(17)8-11-5-4-6-12(15)7-11/h4-7,10H,3,8-9H2,1-2H3,(H,18,19). The van der Waals surface area contributed by atoms with E-state index in [1.165, 1.54) is 0 Å². The lowest BCUT2D eigenvalue weighted by molar-refractivity contribution is -0.142. The average molecular weight is 284 g/mol. The minimum atomic E-state index is -0.894. The van der Waals surface area contributed by atoms with Crippen LogP contribution in [0.1, 0.15) is 19.4 Å². The highest BCUT2D eigenvalue weighted by molar-refractivity contribution is 6.30. The maximum absolute atomic E-state index is 12.1. The van der Waals surface area contributed by atoms with Crippen LogP contribution in [0.2, 0.25) is 5.02 Å². The van der Waals surface area contributed by atoms with E-state index in [2.05, 4.69) is 0 Å². The summed E-state index contributed by atoms with van der Waals surface area (Å²) in [6.07, 6.45) is 0.237. The van der Waals surface area contributed by atoms with Gasteiger partial charge in [0, 0.05) is 18.1 Å². The number of carbonyl (C=O) groups excluding carboxylic acids is 1. The maximum atomic E-state index is 12.1. The van der Waals surface area contributed by atoms with Gasteiger partial charge in [-0.3, -0.25) is 9.59 Å². The Morgan fingerprint density at radius 2 is 2.11 bits per heavy atom. The Kier molecular flexibility index (Phi) is 5.83. The van der Waals surface area contributed by atoms with Crippen LogP contribution < -0.4 is 0 Å². The van der Waals surface area contributed by atoms with Gasteiger partial charge < -0.3 is 10.0 Å². The van der Waals surface area contributed by atoms with Gasteiger partial charge in [-0.15, -0.1) is 0 Å². The van der Waals surface area contributed by atoms with Crippen molar-refractivity contribution in [1.29, 1.82) is 0 Å². The van der Waals surface area contributed by atoms with E-state index in [1.54, 1.807) is 30.0 Å². The third kappa shape index (κ3) is 4.91. The Bertz CT molecular complexity index is 462. The van der Waals surface area contributed by atoms with Crippen molar-refractivity contribution in [1.82, 2.24) is 4.90 Å². The third-order valence-corrected chi connectivity index (χ3v) is 3.13. The Morgan fingerprint density at radius 3 is 2.63 bits per heavy atom. The molecule has 104 valence electrons. The Morgan fingerprint density at radius 1 is 1.42 bits per heavy atom. The molecular formula is C14H18ClNO3. The predicted molar refractivity (Wildman–Crippen MR) is 74.2 cm³/mol. The number of carboxylic acid groups (broad SMARTS) is 1. The minimum absolute atomic E-state index is 0.0853. The van der Waals surface area contributed by atoms with Gasteiger partial charge in [0.15, 0.2) is 0 Å². The molecule has 5 heteroatoms. The number of amides is 1. The first-order chi connectivity index (χ1) is 8.93. The quantitative estimate of drug-likeness (QED) is 0.872. The smallest absolute Gasteiger partial charge is 0.308 e. The summed E-state index contributed by atoms with van der Waals surface area (Å²) in [5.41, 5.74) is 0.832. The lowest BCUT2D eigenvalue weighted by atomic mass is 10.1. The molecule has 0 aromatic heterocycles. The fourth-order valence-corrected chi connectivity index (χ4v) is 1.96. The zero-order chi connectivity index (χ0) is 14.4. The number of carbonyl (C=O) groups is 2. The molecule has 1 N–H and O–H groups in total. The molecule has 1 rings (SSSR count). The monoisotopic (exact) mass is 283 g/mol. The Hall–Kier alpha value is -1.55. The van der Waals surface area contributed by atoms with E-state index >= 15 is 0 Å². The number of aliphatic carboxylic acids is 1. The van der Waals surface area contributed by atoms with Gasteiger partial charge in [0.2, 0.25) is 5.91 Å². The molecule has 0 radical (unpaired) electrons. The molecule has 1 atom stereocenters. The van der Waals surface area contributed by atoms with Gasteiger partial charge in [0.1, 0.15) is 0 Å². The number of nitrogens with zero attached hydrogens (tertiary/aromatic N) is 1. The molecule has 0 bridgehead atoms. The van der Waals surface area contributed by atoms with Gasteiger partial charge in [-0.05, 0) is 24.6 Å². The summed E-state index contributed by atoms with van der Waals surface area (Å²) in [7, 11) is 0. The SMILES string of the molecule is CCN(CC(C)C(=O)O)C(=O)Cc1cccc(Cl)c1. The first-order valence-electron chi connectivity index (χ1n) is 6.19. The van der Waals surface area contributed by atoms with E-state index in [9.17, 15) is 9.59 Å². The van der Waals surface area contributed by atoms with Crippen LogP contribution in [-0.2, 0) is 16.0 Å². The number of halogens is 1. The number of benzene rings is 1. The van der Waals surface area contributed by atoms with Crippen LogP contribution in [0, 0.1) is 5.92 Å². The van der Waals surface area contributed by atoms with Crippen molar-refractivity contribution in [2.24, 2.45) is 5.92 Å². The van der Waals surface area contributed by atoms with E-state index in [0.717, 1.165) is 5.56 Å². The fraction of sp³-hybridized carbons (Fsp3) is 0.429. The van der Waals surface area contributed by atoms with Crippen molar-refractivity contribution in [2.45, 2.75) is 20.3 Å². The highest BCUT2D eigenvalue weighted by Gasteiger charge is 2.19. The fourth-order valence-electron chi connectivity index (χ4n) is 1.75. The molecule has 0 spiro atoms. The van der Waals surface area contributed by atoms with Crippen molar-refractivity contribution in [2.75, 3.05) is 13.1 Å². The van der Waals surface area contributed by atoms with Crippen LogP contribution in [0.5, 0.6) is 0 Å². The number of likely N-dealkylation sites (N-methyl/N-ethyl adjacent to an activating group) is 1. The van der Waals surface area contributed by atoms with Crippen molar-refractivity contribution in [3.63, 3.8) is 0 Å². The van der Waals surface area contributed by atoms with Crippen LogP contribution in [0.25, 0.3) is 0 Å². The lowest BCUT2D eigenvalue weighted by Gasteiger charge is -2.23. The normalized spacial score (nSPS) is 11.9. The topological polar surface area (TPSA) is 57.6 Å². The van der Waals surface area contributed by atoms with Gasteiger partial charge in [-0.1, -0.05) is 30.7 Å². The molecule has 0 saturated heterocycles. The minimum Gasteiger partial charge on any atom is -0.481 e. The van der Waals surface area contributed by atoms with Crippen LogP contribution in [0.3, 0.4) is 0 Å². The number of hydrogen-bond acceptors (Lipinski definition) is 2. The molecule has 0 fully saturated rings. The molecule has 19 heavy (non-hydrogen) atoms. The zero-order valence-electron chi connectivity index (χ0n) is 11.1. The second kappa shape index (κ2) is 7.14. The summed E-state index contributed by atoms with van der Waals surface area (Å²) < 4.78 is 0. The molecule has 1 aromatic carbocycles. The van der Waals surface area contributed by atoms with Crippen molar-refractivity contribution < 1.29 is 14.7 Å². The molecule has 0 saturated carbocycles. The van der Waals surface area contributed by atoms with Gasteiger partial charge in [0.25, 0.3) is 0 Å². The summed E-state index contributed by atoms with van der Waals surface area (Å²) in [6, 6.07) is 7.12. The summed E-state index contributed by atoms with van der Waals surface area (Å²) in [6.45, 7) is 4.16. The van der Waals surface area contributed by atoms with Crippen LogP contribution in [0.4, 0.5) is 0 Å². The second-order valence-corrected chi connectivity index (χ2v) is 4.91. The predicted octanol–water partition coefficient (Wildman–Crippen LogP) is 2.45. The molecule has 1 amide bonds. The van der Waals surface area contributed by atoms with E-state index in [4.69, 9.17) is 16.7 Å². The van der Waals surface area contributed by atoms with Crippen LogP contribution in [0.15, 0.2) is 24.3 Å². The molecule has 0 aliphatic heterocycles. The summed E-state index contributed by atoms with van der Waals surface area (Å²) in [5, 5.41) is 9.47. The molecule has 1 unspecified atom stereocenters. The zero-order valence-corrected chi connectivity index (χ0v) is 11.9. The summed E-state index contributed by atoms with van der Waals surface area (Å²) in [4.78, 5) is 24.5. The molecule has 4 nitrogen and oxygen atoms in total. The third-order valence-electron chi connectivity index (χ3n) is 2.89. The van der Waals surface area contributed by atoms with Crippen LogP contribution in [-0.4, -0.2) is 35.0 Å². The van der Waals surface area contributed by atoms with Gasteiger partial charge >= 0.3 is 5.97 Å². The number of hydrogen-bond donors (Lipinski definition) is 1. The van der Waals surface area contributed by atoms with Crippen molar-refractivity contribution in [3.05, 3.63) is 34.9 Å². The molecular weight excluding hydrogens is 266 g/mol. The van der Waals surface area contributed by atoms with Crippen LogP contribution >= 0.6 is 11.6 Å². The second-order valence-electron chi connectivity index (χ2n) is 4.48. The molecule has 0 aliphatic carbocycles. The largest absolute Gasteiger partial charge is 0.481 e. The molecule has 0 aliphatic rings. The maximum Gasteiger partial charge on any atom is 0.308 e. The van der Waals surface area contributed by atoms with E-state index in [0.29, 0.717) is 11.6 Å². The first-order valence-corrected chi connectivity index (χ1v) is 6.56. The Labute approximate surface area is 118 Å². The highest BCUT2D eigenvalue weighted by atomic mass is 35.5. The van der Waals surface area contributed by atoms with Crippen molar-refractivity contribution in [3.8, 4) is 0 Å². The number of carboxylic acids is 1. The van der Waals surface area contributed by atoms with Gasteiger partial charge in [-0.2, -0.15) is 0 Å². The number of rotatable bonds is 6. The highest BCUT2D eigenvalue weighted by Crippen LogP contribution is 2.12. The van der Waals surface area contributed by atoms with E-state index < -0.39 is 11.9 Å². The van der Waals surface area contributed by atoms with Gasteiger partial charge in [-0.25, -0.2) is 0 Å². The summed E-state index contributed by atoms with van der Waals surface area (Å²) in [5.74, 6) is -1.55. The summed E-state index contributed by atoms with van der Waals surface area (Å²) >= 11 is 5.87. The van der Waals surface area contributed by atoms with Gasteiger partial charge in [0.05, 0.1) is 12.3 Å². The first kappa shape index (κ1) is 15.5. The Balaban J connectivity index is 2.66. The lowest BCUT2D eigenvalue weighted by Crippen LogP contribution is -2.37.